The van der Waals surface area contributed by atoms with Crippen LogP contribution < -0.4 is 5.32 Å². The molecule has 0 saturated carbocycles. The fraction of sp³-hybridized carbons (Fsp3) is 0.458. The van der Waals surface area contributed by atoms with Crippen LogP contribution in [0.1, 0.15) is 36.5 Å². The van der Waals surface area contributed by atoms with Gasteiger partial charge in [0, 0.05) is 39.8 Å². The largest absolute Gasteiger partial charge is 0.393 e. The van der Waals surface area contributed by atoms with Gasteiger partial charge in [0.05, 0.1) is 12.6 Å². The molecule has 2 aromatic carbocycles. The number of rotatable bonds is 7. The standard InChI is InChI=1S/C24H33FN4O.HI/c1-3-26-24(28(2)17-21-5-4-6-22(25)15-21)27-16-19-7-9-20(10-8-19)18-29-13-11-23(30)12-14-29;/h4-10,15,23,30H,3,11-14,16-18H2,1-2H3,(H,26,27);1H. The van der Waals surface area contributed by atoms with Gasteiger partial charge >= 0.3 is 0 Å². The Morgan fingerprint density at radius 1 is 1.13 bits per heavy atom. The Hall–Kier alpha value is -1.71. The predicted octanol–water partition coefficient (Wildman–Crippen LogP) is 4.00. The minimum Gasteiger partial charge on any atom is -0.393 e. The molecule has 5 nitrogen and oxygen atoms in total. The SMILES string of the molecule is CCNC(=NCc1ccc(CN2CCC(O)CC2)cc1)N(C)Cc1cccc(F)c1.I. The van der Waals surface area contributed by atoms with Crippen molar-refractivity contribution in [1.29, 1.82) is 0 Å². The quantitative estimate of drug-likeness (QED) is 0.317. The first-order valence-electron chi connectivity index (χ1n) is 10.8. The summed E-state index contributed by atoms with van der Waals surface area (Å²) in [5, 5.41) is 13.0. The smallest absolute Gasteiger partial charge is 0.194 e. The molecule has 0 spiro atoms. The van der Waals surface area contributed by atoms with Crippen LogP contribution in [0.3, 0.4) is 0 Å². The molecule has 7 heteroatoms. The number of nitrogens with zero attached hydrogens (tertiary/aromatic N) is 3. The molecular weight excluding hydrogens is 506 g/mol. The third-order valence-electron chi connectivity index (χ3n) is 5.40. The van der Waals surface area contributed by atoms with Crippen molar-refractivity contribution < 1.29 is 9.50 Å². The number of benzene rings is 2. The molecule has 3 rings (SSSR count). The van der Waals surface area contributed by atoms with E-state index in [0.29, 0.717) is 13.1 Å². The minimum absolute atomic E-state index is 0. The summed E-state index contributed by atoms with van der Waals surface area (Å²) >= 11 is 0. The first-order valence-corrected chi connectivity index (χ1v) is 10.8. The van der Waals surface area contributed by atoms with Crippen LogP contribution in [0, 0.1) is 5.82 Å². The van der Waals surface area contributed by atoms with Crippen LogP contribution in [0.5, 0.6) is 0 Å². The van der Waals surface area contributed by atoms with Gasteiger partial charge in [0.2, 0.25) is 0 Å². The number of piperidine rings is 1. The van der Waals surface area contributed by atoms with E-state index in [1.54, 1.807) is 12.1 Å². The number of hydrogen-bond acceptors (Lipinski definition) is 3. The van der Waals surface area contributed by atoms with Crippen molar-refractivity contribution in [2.45, 2.75) is 45.5 Å². The van der Waals surface area contributed by atoms with E-state index >= 15 is 0 Å². The summed E-state index contributed by atoms with van der Waals surface area (Å²) < 4.78 is 13.5. The molecule has 0 aliphatic carbocycles. The number of guanidine groups is 1. The lowest BCUT2D eigenvalue weighted by atomic mass is 10.1. The first kappa shape index (κ1) is 25.5. The summed E-state index contributed by atoms with van der Waals surface area (Å²) in [7, 11) is 1.96. The summed E-state index contributed by atoms with van der Waals surface area (Å²) in [5.74, 6) is 0.585. The molecule has 1 aliphatic heterocycles. The normalized spacial score (nSPS) is 15.4. The van der Waals surface area contributed by atoms with Crippen molar-refractivity contribution in [3.05, 3.63) is 71.0 Å². The third kappa shape index (κ3) is 8.38. The van der Waals surface area contributed by atoms with Crippen LogP contribution in [0.25, 0.3) is 0 Å². The summed E-state index contributed by atoms with van der Waals surface area (Å²) in [6, 6.07) is 15.3. The van der Waals surface area contributed by atoms with Crippen molar-refractivity contribution in [2.24, 2.45) is 4.99 Å². The van der Waals surface area contributed by atoms with Crippen LogP contribution in [-0.4, -0.2) is 53.7 Å². The van der Waals surface area contributed by atoms with Crippen LogP contribution in [-0.2, 0) is 19.6 Å². The molecule has 1 fully saturated rings. The molecule has 0 radical (unpaired) electrons. The lowest BCUT2D eigenvalue weighted by molar-refractivity contribution is 0.0792. The number of aliphatic hydroxyl groups excluding tert-OH is 1. The van der Waals surface area contributed by atoms with Crippen molar-refractivity contribution >= 4 is 29.9 Å². The maximum atomic E-state index is 13.5. The highest BCUT2D eigenvalue weighted by atomic mass is 127. The molecule has 2 aromatic rings. The van der Waals surface area contributed by atoms with Crippen molar-refractivity contribution in [1.82, 2.24) is 15.1 Å². The molecule has 1 saturated heterocycles. The zero-order chi connectivity index (χ0) is 21.3. The van der Waals surface area contributed by atoms with E-state index in [-0.39, 0.29) is 35.9 Å². The number of likely N-dealkylation sites (tertiary alicyclic amines) is 1. The molecule has 0 aromatic heterocycles. The summed E-state index contributed by atoms with van der Waals surface area (Å²) in [6.07, 6.45) is 1.60. The zero-order valence-corrected chi connectivity index (χ0v) is 20.8. The Morgan fingerprint density at radius 2 is 1.81 bits per heavy atom. The summed E-state index contributed by atoms with van der Waals surface area (Å²) in [6.45, 7) is 6.83. The second kappa shape index (κ2) is 13.0. The topological polar surface area (TPSA) is 51.1 Å². The number of halogens is 2. The number of nitrogens with one attached hydrogen (secondary N) is 1. The number of aliphatic hydroxyl groups is 1. The minimum atomic E-state index is -0.219. The third-order valence-corrected chi connectivity index (χ3v) is 5.40. The van der Waals surface area contributed by atoms with Gasteiger partial charge in [-0.1, -0.05) is 36.4 Å². The van der Waals surface area contributed by atoms with Gasteiger partial charge < -0.3 is 15.3 Å². The number of aliphatic imine (C=N–C) groups is 1. The van der Waals surface area contributed by atoms with Gasteiger partial charge in [0.1, 0.15) is 5.82 Å². The van der Waals surface area contributed by atoms with Crippen LogP contribution in [0.2, 0.25) is 0 Å². The zero-order valence-electron chi connectivity index (χ0n) is 18.4. The van der Waals surface area contributed by atoms with E-state index in [9.17, 15) is 9.50 Å². The van der Waals surface area contributed by atoms with E-state index in [0.717, 1.165) is 56.1 Å². The molecule has 0 bridgehead atoms. The number of hydrogen-bond donors (Lipinski definition) is 2. The Morgan fingerprint density at radius 3 is 2.45 bits per heavy atom. The van der Waals surface area contributed by atoms with Gasteiger partial charge in [-0.3, -0.25) is 4.90 Å². The van der Waals surface area contributed by atoms with Crippen LogP contribution >= 0.6 is 24.0 Å². The predicted molar refractivity (Wildman–Crippen MR) is 135 cm³/mol. The fourth-order valence-electron chi connectivity index (χ4n) is 3.71. The monoisotopic (exact) mass is 540 g/mol. The van der Waals surface area contributed by atoms with Crippen LogP contribution in [0.4, 0.5) is 4.39 Å². The van der Waals surface area contributed by atoms with Crippen LogP contribution in [0.15, 0.2) is 53.5 Å². The highest BCUT2D eigenvalue weighted by Gasteiger charge is 2.16. The van der Waals surface area contributed by atoms with Crippen molar-refractivity contribution in [3.8, 4) is 0 Å². The lowest BCUT2D eigenvalue weighted by Crippen LogP contribution is -2.38. The van der Waals surface area contributed by atoms with Gasteiger partial charge in [0.15, 0.2) is 5.96 Å². The van der Waals surface area contributed by atoms with Crippen molar-refractivity contribution in [2.75, 3.05) is 26.7 Å². The average Bonchev–Trinajstić information content (AvgIpc) is 2.74. The Bertz CT molecular complexity index is 823. The fourth-order valence-corrected chi connectivity index (χ4v) is 3.71. The molecule has 0 atom stereocenters. The van der Waals surface area contributed by atoms with Gasteiger partial charge in [-0.2, -0.15) is 0 Å². The van der Waals surface area contributed by atoms with Gasteiger partial charge in [0.25, 0.3) is 0 Å². The van der Waals surface area contributed by atoms with E-state index in [4.69, 9.17) is 4.99 Å². The molecule has 1 heterocycles. The van der Waals surface area contributed by atoms with E-state index < -0.39 is 0 Å². The molecule has 2 N–H and O–H groups in total. The molecule has 0 amide bonds. The van der Waals surface area contributed by atoms with E-state index in [1.165, 1.54) is 11.6 Å². The highest BCUT2D eigenvalue weighted by molar-refractivity contribution is 14.0. The van der Waals surface area contributed by atoms with Gasteiger partial charge in [-0.15, -0.1) is 24.0 Å². The second-order valence-corrected chi connectivity index (χ2v) is 7.98. The molecular formula is C24H34FIN4O. The van der Waals surface area contributed by atoms with Gasteiger partial charge in [-0.25, -0.2) is 9.38 Å². The second-order valence-electron chi connectivity index (χ2n) is 7.98. The Kier molecular flexibility index (Phi) is 10.7. The molecule has 31 heavy (non-hydrogen) atoms. The lowest BCUT2D eigenvalue weighted by Gasteiger charge is -2.29. The molecule has 1 aliphatic rings. The first-order chi connectivity index (χ1) is 14.5. The van der Waals surface area contributed by atoms with E-state index in [2.05, 4.69) is 34.5 Å². The molecule has 170 valence electrons. The maximum absolute atomic E-state index is 13.5. The van der Waals surface area contributed by atoms with E-state index in [1.807, 2.05) is 24.9 Å². The maximum Gasteiger partial charge on any atom is 0.194 e. The van der Waals surface area contributed by atoms with Crippen molar-refractivity contribution in [3.63, 3.8) is 0 Å². The molecule has 0 unspecified atom stereocenters. The highest BCUT2D eigenvalue weighted by Crippen LogP contribution is 2.15. The van der Waals surface area contributed by atoms with Gasteiger partial charge in [-0.05, 0) is 48.6 Å². The summed E-state index contributed by atoms with van der Waals surface area (Å²) in [5.41, 5.74) is 3.36. The Labute approximate surface area is 202 Å². The Balaban J connectivity index is 0.00000341. The average molecular weight is 540 g/mol. The summed E-state index contributed by atoms with van der Waals surface area (Å²) in [4.78, 5) is 9.16.